The lowest BCUT2D eigenvalue weighted by atomic mass is 10.1. The van der Waals surface area contributed by atoms with Crippen LogP contribution in [0.1, 0.15) is 12.5 Å². The van der Waals surface area contributed by atoms with E-state index in [1.165, 1.54) is 6.92 Å². The van der Waals surface area contributed by atoms with Gasteiger partial charge in [-0.25, -0.2) is 10.5 Å². The van der Waals surface area contributed by atoms with E-state index >= 15 is 0 Å². The zero-order valence-electron chi connectivity index (χ0n) is 11.6. The first kappa shape index (κ1) is 13.3. The Morgan fingerprint density at radius 3 is 2.76 bits per heavy atom. The van der Waals surface area contributed by atoms with Crippen LogP contribution in [-0.2, 0) is 16.2 Å². The number of para-hydroxylation sites is 2. The maximum absolute atomic E-state index is 10.9. The minimum Gasteiger partial charge on any atom is -0.338 e. The molecule has 0 aliphatic rings. The molecule has 1 heterocycles. The van der Waals surface area contributed by atoms with Crippen LogP contribution < -0.4 is 5.48 Å². The summed E-state index contributed by atoms with van der Waals surface area (Å²) in [5.41, 5.74) is 6.15. The third-order valence-electron chi connectivity index (χ3n) is 3.11. The molecule has 21 heavy (non-hydrogen) atoms. The Balaban J connectivity index is 1.92. The number of hydrogen-bond acceptors (Lipinski definition) is 3. The number of hydroxylamine groups is 1. The molecule has 0 aliphatic heterocycles. The summed E-state index contributed by atoms with van der Waals surface area (Å²) in [5.74, 6) is 0.564. The van der Waals surface area contributed by atoms with E-state index in [0.717, 1.165) is 28.0 Å². The van der Waals surface area contributed by atoms with Crippen molar-refractivity contribution in [3.05, 3.63) is 54.1 Å². The molecule has 2 aromatic carbocycles. The maximum Gasteiger partial charge on any atom is 0.240 e. The summed E-state index contributed by atoms with van der Waals surface area (Å²) in [6.07, 6.45) is 0. The van der Waals surface area contributed by atoms with Crippen molar-refractivity contribution in [1.29, 1.82) is 0 Å². The fraction of sp³-hybridized carbons (Fsp3) is 0.125. The van der Waals surface area contributed by atoms with Crippen molar-refractivity contribution < 1.29 is 9.63 Å². The molecule has 0 bridgehead atoms. The molecule has 2 N–H and O–H groups in total. The fourth-order valence-corrected chi connectivity index (χ4v) is 2.17. The highest BCUT2D eigenvalue weighted by molar-refractivity contribution is 5.79. The summed E-state index contributed by atoms with van der Waals surface area (Å²) in [6.45, 7) is 1.69. The Morgan fingerprint density at radius 1 is 1.19 bits per heavy atom. The molecule has 0 aliphatic carbocycles. The summed E-state index contributed by atoms with van der Waals surface area (Å²) >= 11 is 0. The van der Waals surface area contributed by atoms with Crippen LogP contribution in [0, 0.1) is 0 Å². The lowest BCUT2D eigenvalue weighted by molar-refractivity contribution is -0.132. The monoisotopic (exact) mass is 281 g/mol. The van der Waals surface area contributed by atoms with Gasteiger partial charge in [0.1, 0.15) is 12.4 Å². The van der Waals surface area contributed by atoms with E-state index in [-0.39, 0.29) is 12.5 Å². The lowest BCUT2D eigenvalue weighted by Gasteiger charge is -2.07. The molecule has 0 spiro atoms. The minimum absolute atomic E-state index is 0.226. The average Bonchev–Trinajstić information content (AvgIpc) is 2.91. The summed E-state index contributed by atoms with van der Waals surface area (Å²) in [5, 5.41) is 0. The Morgan fingerprint density at radius 2 is 1.95 bits per heavy atom. The van der Waals surface area contributed by atoms with Gasteiger partial charge < -0.3 is 4.98 Å². The van der Waals surface area contributed by atoms with E-state index in [4.69, 9.17) is 4.84 Å². The molecule has 3 rings (SSSR count). The smallest absolute Gasteiger partial charge is 0.240 e. The normalized spacial score (nSPS) is 10.7. The number of nitrogens with zero attached hydrogens (tertiary/aromatic N) is 1. The van der Waals surface area contributed by atoms with Crippen LogP contribution in [0.15, 0.2) is 48.5 Å². The zero-order valence-corrected chi connectivity index (χ0v) is 11.6. The first-order valence-corrected chi connectivity index (χ1v) is 6.65. The molecule has 5 heteroatoms. The molecule has 106 valence electrons. The average molecular weight is 281 g/mol. The molecule has 1 aromatic heterocycles. The Hall–Kier alpha value is -2.66. The quantitative estimate of drug-likeness (QED) is 0.723. The van der Waals surface area contributed by atoms with Crippen molar-refractivity contribution in [1.82, 2.24) is 15.4 Å². The minimum atomic E-state index is -0.226. The highest BCUT2D eigenvalue weighted by Gasteiger charge is 2.09. The van der Waals surface area contributed by atoms with E-state index in [0.29, 0.717) is 0 Å². The maximum atomic E-state index is 10.9. The second kappa shape index (κ2) is 5.76. The van der Waals surface area contributed by atoms with Crippen LogP contribution in [0.2, 0.25) is 0 Å². The third kappa shape index (κ3) is 2.93. The van der Waals surface area contributed by atoms with Crippen molar-refractivity contribution in [2.75, 3.05) is 0 Å². The molecule has 5 nitrogen and oxygen atoms in total. The van der Waals surface area contributed by atoms with Gasteiger partial charge in [-0.1, -0.05) is 36.4 Å². The molecule has 3 aromatic rings. The van der Waals surface area contributed by atoms with Gasteiger partial charge >= 0.3 is 0 Å². The van der Waals surface area contributed by atoms with Crippen molar-refractivity contribution in [3.63, 3.8) is 0 Å². The van der Waals surface area contributed by atoms with Crippen LogP contribution in [0.3, 0.4) is 0 Å². The molecular formula is C16H15N3O2. The van der Waals surface area contributed by atoms with Crippen molar-refractivity contribution >= 4 is 16.9 Å². The van der Waals surface area contributed by atoms with Crippen LogP contribution in [-0.4, -0.2) is 15.9 Å². The molecule has 0 atom stereocenters. The van der Waals surface area contributed by atoms with Gasteiger partial charge in [-0.2, -0.15) is 0 Å². The number of aromatic amines is 1. The predicted molar refractivity (Wildman–Crippen MR) is 80.1 cm³/mol. The van der Waals surface area contributed by atoms with Crippen molar-refractivity contribution in [2.45, 2.75) is 13.5 Å². The highest BCUT2D eigenvalue weighted by Crippen LogP contribution is 2.24. The molecule has 0 saturated carbocycles. The van der Waals surface area contributed by atoms with E-state index in [9.17, 15) is 4.79 Å². The van der Waals surface area contributed by atoms with Crippen molar-refractivity contribution in [3.8, 4) is 11.4 Å². The van der Waals surface area contributed by atoms with Crippen LogP contribution >= 0.6 is 0 Å². The largest absolute Gasteiger partial charge is 0.338 e. The number of H-pyrrole nitrogens is 1. The SMILES string of the molecule is CC(=O)NOCc1ccccc1-c1nc2ccccc2[nH]1. The van der Waals surface area contributed by atoms with Crippen molar-refractivity contribution in [2.24, 2.45) is 0 Å². The van der Waals surface area contributed by atoms with E-state index in [2.05, 4.69) is 15.4 Å². The zero-order chi connectivity index (χ0) is 14.7. The number of hydrogen-bond donors (Lipinski definition) is 2. The molecule has 0 saturated heterocycles. The number of amides is 1. The first-order chi connectivity index (χ1) is 10.2. The van der Waals surface area contributed by atoms with E-state index in [1.54, 1.807) is 0 Å². The van der Waals surface area contributed by atoms with Gasteiger partial charge in [0.2, 0.25) is 5.91 Å². The Bertz CT molecular complexity index is 747. The lowest BCUT2D eigenvalue weighted by Crippen LogP contribution is -2.20. The number of carbonyl (C=O) groups is 1. The Kier molecular flexibility index (Phi) is 3.66. The number of carbonyl (C=O) groups excluding carboxylic acids is 1. The molecule has 0 fully saturated rings. The first-order valence-electron chi connectivity index (χ1n) is 6.65. The molecule has 1 amide bonds. The van der Waals surface area contributed by atoms with Gasteiger partial charge in [0.15, 0.2) is 0 Å². The van der Waals surface area contributed by atoms with Gasteiger partial charge in [0, 0.05) is 12.5 Å². The number of imidazole rings is 1. The summed E-state index contributed by atoms with van der Waals surface area (Å²) in [7, 11) is 0. The van der Waals surface area contributed by atoms with Gasteiger partial charge in [-0.05, 0) is 17.7 Å². The Labute approximate surface area is 121 Å². The van der Waals surface area contributed by atoms with Gasteiger partial charge in [0.05, 0.1) is 11.0 Å². The molecule has 0 unspecified atom stereocenters. The number of aromatic nitrogens is 2. The summed E-state index contributed by atoms with van der Waals surface area (Å²) in [6, 6.07) is 15.7. The fourth-order valence-electron chi connectivity index (χ4n) is 2.17. The van der Waals surface area contributed by atoms with E-state index < -0.39 is 0 Å². The van der Waals surface area contributed by atoms with Gasteiger partial charge in [-0.3, -0.25) is 9.63 Å². The number of benzene rings is 2. The molecule has 0 radical (unpaired) electrons. The van der Waals surface area contributed by atoms with Gasteiger partial charge in [-0.15, -0.1) is 0 Å². The summed E-state index contributed by atoms with van der Waals surface area (Å²) < 4.78 is 0. The van der Waals surface area contributed by atoms with Crippen LogP contribution in [0.5, 0.6) is 0 Å². The highest BCUT2D eigenvalue weighted by atomic mass is 16.6. The number of fused-ring (bicyclic) bond motifs is 1. The number of rotatable bonds is 4. The second-order valence-electron chi connectivity index (χ2n) is 4.71. The van der Waals surface area contributed by atoms with Crippen LogP contribution in [0.25, 0.3) is 22.4 Å². The van der Waals surface area contributed by atoms with E-state index in [1.807, 2.05) is 48.5 Å². The predicted octanol–water partition coefficient (Wildman–Crippen LogP) is 2.80. The second-order valence-corrected chi connectivity index (χ2v) is 4.71. The summed E-state index contributed by atoms with van der Waals surface area (Å²) in [4.78, 5) is 23.9. The standard InChI is InChI=1S/C16H15N3O2/c1-11(20)19-21-10-12-6-2-3-7-13(12)16-17-14-8-4-5-9-15(14)18-16/h2-9H,10H2,1H3,(H,17,18)(H,19,20). The third-order valence-corrected chi connectivity index (χ3v) is 3.11. The number of nitrogens with one attached hydrogen (secondary N) is 2. The topological polar surface area (TPSA) is 67.0 Å². The van der Waals surface area contributed by atoms with Crippen LogP contribution in [0.4, 0.5) is 0 Å². The van der Waals surface area contributed by atoms with Gasteiger partial charge in [0.25, 0.3) is 0 Å². The molecular weight excluding hydrogens is 266 g/mol.